The number of hydrogen-bond acceptors (Lipinski definition) is 18. The third kappa shape index (κ3) is 10.9. The molecule has 1 unspecified atom stereocenters. The first-order valence-corrected chi connectivity index (χ1v) is 20.0. The van der Waals surface area contributed by atoms with Gasteiger partial charge in [-0.2, -0.15) is 11.4 Å². The van der Waals surface area contributed by atoms with E-state index in [1.807, 2.05) is 0 Å². The number of carboxylic acid groups (broad SMARTS) is 8. The van der Waals surface area contributed by atoms with Gasteiger partial charge in [0.05, 0.1) is 0 Å². The van der Waals surface area contributed by atoms with E-state index in [2.05, 4.69) is 0 Å². The Bertz CT molecular complexity index is 2370. The fourth-order valence-electron chi connectivity index (χ4n) is 9.51. The van der Waals surface area contributed by atoms with Crippen molar-refractivity contribution in [3.8, 4) is 0 Å². The Morgan fingerprint density at radius 2 is 1.22 bits per heavy atom. The van der Waals surface area contributed by atoms with Crippen LogP contribution in [0.4, 0.5) is 0 Å². The third-order valence-electron chi connectivity index (χ3n) is 12.3. The number of nitrogens with zero attached hydrogens (tertiary/aromatic N) is 4. The van der Waals surface area contributed by atoms with Crippen molar-refractivity contribution in [2.75, 3.05) is 0 Å². The average molecular weight is 928 g/mol. The first-order chi connectivity index (χ1) is 29.4. The molecule has 4 aliphatic rings. The molecular formula is C43H40CoN4O16-10. The molecule has 4 aliphatic heterocycles. The van der Waals surface area contributed by atoms with Crippen molar-refractivity contribution >= 4 is 64.8 Å². The molecule has 1 aromatic heterocycles. The van der Waals surface area contributed by atoms with Crippen LogP contribution >= 0.6 is 0 Å². The van der Waals surface area contributed by atoms with Crippen LogP contribution in [0.25, 0.3) is 10.9 Å². The zero-order valence-electron chi connectivity index (χ0n) is 34.7. The molecule has 8 bridgehead atoms. The van der Waals surface area contributed by atoms with E-state index in [1.54, 1.807) is 0 Å². The van der Waals surface area contributed by atoms with Gasteiger partial charge < -0.3 is 89.5 Å². The van der Waals surface area contributed by atoms with Crippen LogP contribution in [0, 0.1) is 28.6 Å². The van der Waals surface area contributed by atoms with Gasteiger partial charge in [-0.3, -0.25) is 9.98 Å². The molecule has 0 spiro atoms. The maximum absolute atomic E-state index is 12.5. The Labute approximate surface area is 375 Å². The van der Waals surface area contributed by atoms with Gasteiger partial charge in [0.1, 0.15) is 0 Å². The van der Waals surface area contributed by atoms with Crippen LogP contribution in [-0.2, 0) is 74.4 Å². The van der Waals surface area contributed by atoms with Crippen molar-refractivity contribution < 1.29 is 96.0 Å². The molecule has 0 N–H and O–H groups in total. The predicted octanol–water partition coefficient (Wildman–Crippen LogP) is -5.91. The summed E-state index contributed by atoms with van der Waals surface area (Å²) in [6, 6.07) is 0. The summed E-state index contributed by atoms with van der Waals surface area (Å²) in [6.45, 7) is 4.32. The van der Waals surface area contributed by atoms with E-state index in [4.69, 9.17) is 20.3 Å². The van der Waals surface area contributed by atoms with Crippen LogP contribution in [0.2, 0.25) is 0 Å². The summed E-state index contributed by atoms with van der Waals surface area (Å²) in [7, 11) is 0. The molecule has 1 radical (unpaired) electrons. The summed E-state index contributed by atoms with van der Waals surface area (Å²) in [5.41, 5.74) is -3.33. The molecule has 0 saturated carbocycles. The number of fused-ring (bicyclic) bond motifs is 6. The smallest absolute Gasteiger partial charge is 0.0493 e. The minimum atomic E-state index is -1.67. The number of aliphatic imine (C=N–C) groups is 2. The molecule has 0 aromatic carbocycles. The fraction of sp³-hybridized carbons (Fsp3) is 0.488. The van der Waals surface area contributed by atoms with Crippen molar-refractivity contribution in [2.24, 2.45) is 38.6 Å². The number of aromatic nitrogens is 1. The number of hydrogen-bond donors (Lipinski definition) is 0. The molecule has 1 fully saturated rings. The summed E-state index contributed by atoms with van der Waals surface area (Å²) in [6.07, 6.45) is -4.86. The van der Waals surface area contributed by atoms with Gasteiger partial charge in [0.2, 0.25) is 0 Å². The van der Waals surface area contributed by atoms with Crippen molar-refractivity contribution in [1.29, 1.82) is 0 Å². The Kier molecular flexibility index (Phi) is 15.7. The fourth-order valence-corrected chi connectivity index (χ4v) is 9.51. The van der Waals surface area contributed by atoms with Gasteiger partial charge in [-0.15, -0.1) is 11.4 Å². The Balaban J connectivity index is 0.00000898. The maximum Gasteiger partial charge on any atom is 0.0493 e. The van der Waals surface area contributed by atoms with Crippen molar-refractivity contribution in [3.05, 3.63) is 68.3 Å². The van der Waals surface area contributed by atoms with E-state index < -0.39 is 128 Å². The third-order valence-corrected chi connectivity index (χ3v) is 12.3. The van der Waals surface area contributed by atoms with E-state index >= 15 is 0 Å². The van der Waals surface area contributed by atoms with Crippen LogP contribution in [0.3, 0.4) is 0 Å². The Morgan fingerprint density at radius 3 is 1.77 bits per heavy atom. The number of carbonyl (C=O) groups is 8. The van der Waals surface area contributed by atoms with E-state index in [-0.39, 0.29) is 117 Å². The molecule has 0 aliphatic carbocycles. The molecule has 1 saturated heterocycles. The summed E-state index contributed by atoms with van der Waals surface area (Å²) in [5.74, 6) is -16.0. The number of rotatable bonds is 20. The van der Waals surface area contributed by atoms with E-state index in [9.17, 15) is 79.2 Å². The van der Waals surface area contributed by atoms with E-state index in [0.717, 1.165) is 0 Å². The Hall–Kier alpha value is -6.35. The number of carbonyl (C=O) groups excluding carboxylic acids is 8. The second kappa shape index (κ2) is 20.0. The zero-order chi connectivity index (χ0) is 46.7. The quantitative estimate of drug-likeness (QED) is 0.117. The van der Waals surface area contributed by atoms with Gasteiger partial charge in [-0.05, 0) is 106 Å². The van der Waals surface area contributed by atoms with Crippen molar-refractivity contribution in [2.45, 2.75) is 104 Å². The summed E-state index contributed by atoms with van der Waals surface area (Å²) < 4.78 is 0. The molecule has 64 heavy (non-hydrogen) atoms. The minimum Gasteiger partial charge on any atom is -0.664 e. The first-order valence-electron chi connectivity index (χ1n) is 20.0. The van der Waals surface area contributed by atoms with E-state index in [0.29, 0.717) is 0 Å². The summed E-state index contributed by atoms with van der Waals surface area (Å²) >= 11 is 0. The molecular weight excluding hydrogens is 887 g/mol. The second-order valence-electron chi connectivity index (χ2n) is 16.6. The molecule has 21 heteroatoms. The molecule has 0 amide bonds. The van der Waals surface area contributed by atoms with E-state index in [1.165, 1.54) is 32.9 Å². The monoisotopic (exact) mass is 927 g/mol. The minimum absolute atomic E-state index is 0. The maximum atomic E-state index is 12.5. The average Bonchev–Trinajstić information content (AvgIpc) is 3.80. The molecule has 20 nitrogen and oxygen atoms in total. The largest absolute Gasteiger partial charge is 0.664 e. The summed E-state index contributed by atoms with van der Waals surface area (Å²) in [4.78, 5) is 111. The second-order valence-corrected chi connectivity index (χ2v) is 16.6. The SMILES string of the molecule is C/C1=C2N=C(/C=C3\[N-]/C(=C\C4=NC(=C(CCC(=O)[O-])C4CC(=O)[O-])Cc4[n-]c1c(CC(=O)[O-])c4CCC(=O)[O-])[C@@H](CCC(=O)[O-])[C@]3(C)CC(=O)[O-])[C@@H](CCC(=O)[O-])[C@]/2(C)CC(=O)[O-].[Co]. The van der Waals surface area contributed by atoms with Gasteiger partial charge in [-0.25, -0.2) is 0 Å². The topological polar surface area (TPSA) is 374 Å². The van der Waals surface area contributed by atoms with Gasteiger partial charge in [0, 0.05) is 111 Å². The summed E-state index contributed by atoms with van der Waals surface area (Å²) in [5, 5.41) is 102. The Morgan fingerprint density at radius 1 is 0.656 bits per heavy atom. The molecule has 5 heterocycles. The van der Waals surface area contributed by atoms with Crippen LogP contribution in [0.5, 0.6) is 0 Å². The van der Waals surface area contributed by atoms with Crippen LogP contribution in [0.1, 0.15) is 107 Å². The van der Waals surface area contributed by atoms with Crippen LogP contribution < -0.4 is 45.8 Å². The molecule has 5 atom stereocenters. The molecule has 5 rings (SSSR count). The standard InChI is InChI=1S/C43H49N4O16.Co/c1-19-40-23(13-37(58)59)21(5-9-33(50)51)27(46-40)14-26-20(4-8-32(48)49)22(12-36(56)57)28(44-26)15-29-24(6-10-34(52)53)42(2,17-38(60)61)31(45-29)16-30-25(7-11-35(54)55)43(3,18-39(62)63)41(19)47-30;/h15-16,22,24-25H,4-14,17-18H2,1-3H3,(H9,44,45,47,48,49,50,51,52,53,54,55,56,57,58,59,60,61,62,63);/q-1;/p-9/b41-19-;/t22?,24-,25-,42+,43+;/m1./s1. The van der Waals surface area contributed by atoms with Gasteiger partial charge in [-0.1, -0.05) is 37.1 Å². The molecule has 1 aromatic rings. The van der Waals surface area contributed by atoms with Crippen LogP contribution in [0.15, 0.2) is 50.5 Å². The number of aliphatic carboxylic acids is 8. The molecule has 347 valence electrons. The number of carboxylic acids is 8. The number of allylic oxidation sites excluding steroid dienone is 8. The van der Waals surface area contributed by atoms with Crippen molar-refractivity contribution in [3.63, 3.8) is 0 Å². The van der Waals surface area contributed by atoms with Gasteiger partial charge in [0.25, 0.3) is 0 Å². The zero-order valence-corrected chi connectivity index (χ0v) is 35.8. The predicted molar refractivity (Wildman–Crippen MR) is 198 cm³/mol. The first kappa shape index (κ1) is 50.3. The normalized spacial score (nSPS) is 26.3. The van der Waals surface area contributed by atoms with Crippen molar-refractivity contribution in [1.82, 2.24) is 4.98 Å². The van der Waals surface area contributed by atoms with Gasteiger partial charge in [0.15, 0.2) is 0 Å². The van der Waals surface area contributed by atoms with Gasteiger partial charge >= 0.3 is 0 Å². The van der Waals surface area contributed by atoms with Crippen LogP contribution in [-0.4, -0.2) is 59.2 Å².